The van der Waals surface area contributed by atoms with E-state index in [2.05, 4.69) is 18.0 Å². The zero-order valence-electron chi connectivity index (χ0n) is 12.9. The second-order valence-corrected chi connectivity index (χ2v) is 6.58. The number of nitrogens with one attached hydrogen (secondary N) is 1. The van der Waals surface area contributed by atoms with Crippen molar-refractivity contribution in [1.29, 1.82) is 0 Å². The fourth-order valence-corrected chi connectivity index (χ4v) is 3.74. The highest BCUT2D eigenvalue weighted by Gasteiger charge is 2.31. The highest BCUT2D eigenvalue weighted by atomic mass is 16.5. The first kappa shape index (κ1) is 14.6. The average molecular weight is 290 g/mol. The van der Waals surface area contributed by atoms with Crippen molar-refractivity contribution in [1.82, 2.24) is 9.88 Å². The van der Waals surface area contributed by atoms with Gasteiger partial charge in [0.15, 0.2) is 0 Å². The molecule has 2 heterocycles. The van der Waals surface area contributed by atoms with Gasteiger partial charge in [0, 0.05) is 18.4 Å². The number of H-pyrrole nitrogens is 1. The Bertz CT molecular complexity index is 457. The van der Waals surface area contributed by atoms with E-state index >= 15 is 0 Å². The number of ether oxygens (including phenoxy) is 1. The topological polar surface area (TPSA) is 45.3 Å². The van der Waals surface area contributed by atoms with Crippen LogP contribution in [0.15, 0.2) is 18.3 Å². The molecule has 4 nitrogen and oxygen atoms in total. The van der Waals surface area contributed by atoms with Crippen LogP contribution in [0.1, 0.15) is 57.2 Å². The van der Waals surface area contributed by atoms with Gasteiger partial charge in [-0.05, 0) is 43.7 Å². The van der Waals surface area contributed by atoms with Crippen molar-refractivity contribution >= 4 is 5.91 Å². The van der Waals surface area contributed by atoms with Gasteiger partial charge in [-0.3, -0.25) is 4.79 Å². The van der Waals surface area contributed by atoms with Gasteiger partial charge in [0.05, 0.1) is 12.1 Å². The van der Waals surface area contributed by atoms with Gasteiger partial charge in [-0.15, -0.1) is 0 Å². The van der Waals surface area contributed by atoms with E-state index in [-0.39, 0.29) is 24.7 Å². The molecule has 1 N–H and O–H groups in total. The lowest BCUT2D eigenvalue weighted by atomic mass is 9.89. The molecule has 1 aromatic heterocycles. The van der Waals surface area contributed by atoms with Crippen LogP contribution in [0, 0.1) is 5.92 Å². The van der Waals surface area contributed by atoms with Crippen LogP contribution in [-0.2, 0) is 9.53 Å². The lowest BCUT2D eigenvalue weighted by molar-refractivity contribution is -0.140. The number of hydrogen-bond acceptors (Lipinski definition) is 2. The van der Waals surface area contributed by atoms with Crippen molar-refractivity contribution in [3.63, 3.8) is 0 Å². The van der Waals surface area contributed by atoms with Gasteiger partial charge in [-0.25, -0.2) is 0 Å². The molecule has 3 rings (SSSR count). The maximum atomic E-state index is 12.5. The number of aromatic nitrogens is 1. The summed E-state index contributed by atoms with van der Waals surface area (Å²) >= 11 is 0. The summed E-state index contributed by atoms with van der Waals surface area (Å²) in [5.74, 6) is 0.877. The van der Waals surface area contributed by atoms with E-state index in [1.165, 1.54) is 12.8 Å². The first-order valence-electron chi connectivity index (χ1n) is 8.28. The lowest BCUT2D eigenvalue weighted by Gasteiger charge is -2.28. The Morgan fingerprint density at radius 3 is 3.05 bits per heavy atom. The van der Waals surface area contributed by atoms with Crippen LogP contribution in [0.3, 0.4) is 0 Å². The molecule has 2 fully saturated rings. The Morgan fingerprint density at radius 1 is 1.38 bits per heavy atom. The first-order valence-corrected chi connectivity index (χ1v) is 8.28. The Labute approximate surface area is 126 Å². The van der Waals surface area contributed by atoms with E-state index in [0.717, 1.165) is 43.8 Å². The SMILES string of the molecule is C[C@@H]1CCC[C@H](OCC(=O)N2CCC[C@H]2c2ccc[nH]2)C1. The van der Waals surface area contributed by atoms with Crippen LogP contribution in [0.25, 0.3) is 0 Å². The smallest absolute Gasteiger partial charge is 0.249 e. The molecule has 0 bridgehead atoms. The number of nitrogens with zero attached hydrogens (tertiary/aromatic N) is 1. The summed E-state index contributed by atoms with van der Waals surface area (Å²) in [7, 11) is 0. The van der Waals surface area contributed by atoms with Crippen LogP contribution in [-0.4, -0.2) is 35.0 Å². The maximum absolute atomic E-state index is 12.5. The van der Waals surface area contributed by atoms with Gasteiger partial charge >= 0.3 is 0 Å². The molecule has 1 aromatic rings. The molecular weight excluding hydrogens is 264 g/mol. The summed E-state index contributed by atoms with van der Waals surface area (Å²) in [6, 6.07) is 4.28. The highest BCUT2D eigenvalue weighted by molar-refractivity contribution is 5.78. The summed E-state index contributed by atoms with van der Waals surface area (Å²) in [4.78, 5) is 17.7. The molecule has 1 aliphatic heterocycles. The second kappa shape index (κ2) is 6.65. The average Bonchev–Trinajstić information content (AvgIpc) is 3.14. The van der Waals surface area contributed by atoms with E-state index in [9.17, 15) is 4.79 Å². The molecule has 116 valence electrons. The minimum absolute atomic E-state index is 0.144. The van der Waals surface area contributed by atoms with Gasteiger partial charge in [0.1, 0.15) is 6.61 Å². The summed E-state index contributed by atoms with van der Waals surface area (Å²) in [5, 5.41) is 0. The monoisotopic (exact) mass is 290 g/mol. The molecule has 0 radical (unpaired) electrons. The fourth-order valence-electron chi connectivity index (χ4n) is 3.74. The van der Waals surface area contributed by atoms with Crippen molar-refractivity contribution in [2.75, 3.05) is 13.2 Å². The third kappa shape index (κ3) is 3.49. The number of hydrogen-bond donors (Lipinski definition) is 1. The summed E-state index contributed by atoms with van der Waals surface area (Å²) in [6.45, 7) is 3.38. The minimum atomic E-state index is 0.144. The van der Waals surface area contributed by atoms with E-state index in [1.54, 1.807) is 0 Å². The van der Waals surface area contributed by atoms with Gasteiger partial charge in [0.25, 0.3) is 0 Å². The Morgan fingerprint density at radius 2 is 2.29 bits per heavy atom. The van der Waals surface area contributed by atoms with Crippen molar-refractivity contribution in [2.24, 2.45) is 5.92 Å². The number of rotatable bonds is 4. The standard InChI is InChI=1S/C17H26N2O2/c1-13-5-2-6-14(11-13)21-12-17(20)19-10-4-8-16(19)15-7-3-9-18-15/h3,7,9,13-14,16,18H,2,4-6,8,10-12H2,1H3/t13-,14+,16+/m1/s1. The normalized spacial score (nSPS) is 29.8. The lowest BCUT2D eigenvalue weighted by Crippen LogP contribution is -2.35. The Hall–Kier alpha value is -1.29. The summed E-state index contributed by atoms with van der Waals surface area (Å²) < 4.78 is 5.89. The largest absolute Gasteiger partial charge is 0.368 e. The fraction of sp³-hybridized carbons (Fsp3) is 0.706. The summed E-state index contributed by atoms with van der Waals surface area (Å²) in [5.41, 5.74) is 1.15. The highest BCUT2D eigenvalue weighted by Crippen LogP contribution is 2.31. The zero-order chi connectivity index (χ0) is 14.7. The number of aromatic amines is 1. The molecule has 1 aliphatic carbocycles. The van der Waals surface area contributed by atoms with E-state index in [4.69, 9.17) is 4.74 Å². The summed E-state index contributed by atoms with van der Waals surface area (Å²) in [6.07, 6.45) is 9.08. The molecule has 2 aliphatic rings. The van der Waals surface area contributed by atoms with Crippen molar-refractivity contribution in [2.45, 2.75) is 57.6 Å². The second-order valence-electron chi connectivity index (χ2n) is 6.58. The van der Waals surface area contributed by atoms with Gasteiger partial charge in [-0.2, -0.15) is 0 Å². The predicted octanol–water partition coefficient (Wildman–Crippen LogP) is 3.27. The number of likely N-dealkylation sites (tertiary alicyclic amines) is 1. The number of amides is 1. The molecule has 3 atom stereocenters. The first-order chi connectivity index (χ1) is 10.2. The molecule has 21 heavy (non-hydrogen) atoms. The van der Waals surface area contributed by atoms with Crippen LogP contribution < -0.4 is 0 Å². The van der Waals surface area contributed by atoms with Gasteiger partial charge in [0.2, 0.25) is 5.91 Å². The van der Waals surface area contributed by atoms with Crippen LogP contribution in [0.5, 0.6) is 0 Å². The van der Waals surface area contributed by atoms with Crippen molar-refractivity contribution < 1.29 is 9.53 Å². The van der Waals surface area contributed by atoms with Gasteiger partial charge in [-0.1, -0.05) is 19.8 Å². The quantitative estimate of drug-likeness (QED) is 0.925. The van der Waals surface area contributed by atoms with Gasteiger partial charge < -0.3 is 14.6 Å². The maximum Gasteiger partial charge on any atom is 0.249 e. The number of carbonyl (C=O) groups is 1. The van der Waals surface area contributed by atoms with Crippen LogP contribution in [0.2, 0.25) is 0 Å². The molecular formula is C17H26N2O2. The predicted molar refractivity (Wildman–Crippen MR) is 81.9 cm³/mol. The molecule has 1 amide bonds. The van der Waals surface area contributed by atoms with Crippen LogP contribution >= 0.6 is 0 Å². The molecule has 0 unspecified atom stereocenters. The van der Waals surface area contributed by atoms with E-state index in [1.807, 2.05) is 17.2 Å². The minimum Gasteiger partial charge on any atom is -0.368 e. The molecule has 1 saturated carbocycles. The number of carbonyl (C=O) groups excluding carboxylic acids is 1. The van der Waals surface area contributed by atoms with Crippen LogP contribution in [0.4, 0.5) is 0 Å². The third-order valence-corrected chi connectivity index (χ3v) is 4.88. The molecule has 0 spiro atoms. The molecule has 4 heteroatoms. The third-order valence-electron chi connectivity index (χ3n) is 4.88. The molecule has 0 aromatic carbocycles. The Kier molecular flexibility index (Phi) is 4.63. The van der Waals surface area contributed by atoms with E-state index < -0.39 is 0 Å². The van der Waals surface area contributed by atoms with E-state index in [0.29, 0.717) is 0 Å². The van der Waals surface area contributed by atoms with Crippen molar-refractivity contribution in [3.05, 3.63) is 24.0 Å². The molecule has 1 saturated heterocycles. The zero-order valence-corrected chi connectivity index (χ0v) is 12.9. The Balaban J connectivity index is 1.52. The van der Waals surface area contributed by atoms with Crippen molar-refractivity contribution in [3.8, 4) is 0 Å².